The number of nitrogens with zero attached hydrogens (tertiary/aromatic N) is 1. The Morgan fingerprint density at radius 3 is 2.53 bits per heavy atom. The summed E-state index contributed by atoms with van der Waals surface area (Å²) in [5.74, 6) is -0.945. The number of benzene rings is 1. The Balaban J connectivity index is 3.32. The molecule has 0 aliphatic carbocycles. The number of halogens is 1. The van der Waals surface area contributed by atoms with Crippen molar-refractivity contribution in [1.29, 1.82) is 0 Å². The van der Waals surface area contributed by atoms with Gasteiger partial charge in [-0.3, -0.25) is 9.69 Å². The third-order valence-corrected chi connectivity index (χ3v) is 2.95. The van der Waals surface area contributed by atoms with Gasteiger partial charge in [-0.1, -0.05) is 25.4 Å². The molecule has 1 N–H and O–H groups in total. The number of anilines is 1. The van der Waals surface area contributed by atoms with Crippen LogP contribution in [-0.4, -0.2) is 30.6 Å². The lowest BCUT2D eigenvalue weighted by molar-refractivity contribution is -0.140. The van der Waals surface area contributed by atoms with Gasteiger partial charge in [0.1, 0.15) is 11.8 Å². The van der Waals surface area contributed by atoms with E-state index in [9.17, 15) is 14.7 Å². The summed E-state index contributed by atoms with van der Waals surface area (Å²) in [6.07, 6.45) is 0.479. The average Bonchev–Trinajstić information content (AvgIpc) is 2.34. The number of aliphatic carboxylic acids is 1. The second-order valence-corrected chi connectivity index (χ2v) is 4.79. The van der Waals surface area contributed by atoms with E-state index in [1.165, 1.54) is 13.2 Å². The van der Waals surface area contributed by atoms with Crippen molar-refractivity contribution >= 4 is 29.7 Å². The first-order valence-corrected chi connectivity index (χ1v) is 6.10. The van der Waals surface area contributed by atoms with Gasteiger partial charge < -0.3 is 9.84 Å². The molecule has 0 aromatic heterocycles. The SMILES string of the molecule is COc1ccc(Cl)cc1N(C=O)C(C(=O)O)C(C)C. The molecule has 0 radical (unpaired) electrons. The topological polar surface area (TPSA) is 66.8 Å². The van der Waals surface area contributed by atoms with Crippen LogP contribution in [0.3, 0.4) is 0 Å². The Hall–Kier alpha value is -1.75. The number of carbonyl (C=O) groups excluding carboxylic acids is 1. The zero-order valence-electron chi connectivity index (χ0n) is 11.0. The van der Waals surface area contributed by atoms with Gasteiger partial charge in [-0.15, -0.1) is 0 Å². The molecule has 0 aliphatic heterocycles. The molecule has 0 bridgehead atoms. The molecule has 1 unspecified atom stereocenters. The molecule has 0 aliphatic rings. The van der Waals surface area contributed by atoms with E-state index in [1.807, 2.05) is 0 Å². The van der Waals surface area contributed by atoms with Crippen molar-refractivity contribution in [3.8, 4) is 5.75 Å². The minimum absolute atomic E-state index is 0.258. The zero-order chi connectivity index (χ0) is 14.6. The van der Waals surface area contributed by atoms with Gasteiger partial charge in [0.25, 0.3) is 0 Å². The van der Waals surface area contributed by atoms with Crippen LogP contribution in [0.15, 0.2) is 18.2 Å². The van der Waals surface area contributed by atoms with Crippen LogP contribution in [-0.2, 0) is 9.59 Å². The lowest BCUT2D eigenvalue weighted by Gasteiger charge is -2.29. The van der Waals surface area contributed by atoms with Crippen molar-refractivity contribution in [3.05, 3.63) is 23.2 Å². The maximum atomic E-state index is 11.3. The fourth-order valence-corrected chi connectivity index (χ4v) is 2.03. The number of rotatable bonds is 6. The second-order valence-electron chi connectivity index (χ2n) is 4.36. The molecule has 19 heavy (non-hydrogen) atoms. The molecule has 0 saturated heterocycles. The largest absolute Gasteiger partial charge is 0.495 e. The van der Waals surface area contributed by atoms with Crippen molar-refractivity contribution in [3.63, 3.8) is 0 Å². The van der Waals surface area contributed by atoms with Gasteiger partial charge >= 0.3 is 5.97 Å². The fourth-order valence-electron chi connectivity index (χ4n) is 1.86. The molecule has 0 saturated carbocycles. The van der Waals surface area contributed by atoms with Crippen LogP contribution in [0.5, 0.6) is 5.75 Å². The highest BCUT2D eigenvalue weighted by Gasteiger charge is 2.30. The third kappa shape index (κ3) is 3.38. The average molecular weight is 286 g/mol. The minimum atomic E-state index is -1.08. The molecule has 5 nitrogen and oxygen atoms in total. The standard InChI is InChI=1S/C13H16ClNO4/c1-8(2)12(13(17)18)15(7-16)10-6-9(14)4-5-11(10)19-3/h4-8,12H,1-3H3,(H,17,18). The Morgan fingerprint density at radius 2 is 2.11 bits per heavy atom. The van der Waals surface area contributed by atoms with E-state index in [2.05, 4.69) is 0 Å². The fraction of sp³-hybridized carbons (Fsp3) is 0.385. The van der Waals surface area contributed by atoms with E-state index in [4.69, 9.17) is 16.3 Å². The maximum absolute atomic E-state index is 11.3. The van der Waals surface area contributed by atoms with E-state index >= 15 is 0 Å². The summed E-state index contributed by atoms with van der Waals surface area (Å²) < 4.78 is 5.14. The van der Waals surface area contributed by atoms with Crippen LogP contribution in [0.2, 0.25) is 5.02 Å². The quantitative estimate of drug-likeness (QED) is 0.815. The predicted octanol–water partition coefficient (Wildman–Crippen LogP) is 2.42. The molecule has 0 fully saturated rings. The Morgan fingerprint density at radius 1 is 1.47 bits per heavy atom. The Bertz CT molecular complexity index is 476. The molecular weight excluding hydrogens is 270 g/mol. The van der Waals surface area contributed by atoms with Gasteiger partial charge in [-0.2, -0.15) is 0 Å². The number of hydrogen-bond acceptors (Lipinski definition) is 3. The predicted molar refractivity (Wildman–Crippen MR) is 72.8 cm³/mol. The van der Waals surface area contributed by atoms with E-state index in [1.54, 1.807) is 26.0 Å². The third-order valence-electron chi connectivity index (χ3n) is 2.72. The summed E-state index contributed by atoms with van der Waals surface area (Å²) in [5.41, 5.74) is 0.339. The molecule has 6 heteroatoms. The van der Waals surface area contributed by atoms with E-state index in [0.717, 1.165) is 4.90 Å². The summed E-state index contributed by atoms with van der Waals surface area (Å²) >= 11 is 5.89. The molecule has 104 valence electrons. The van der Waals surface area contributed by atoms with Crippen LogP contribution in [0.25, 0.3) is 0 Å². The lowest BCUT2D eigenvalue weighted by atomic mass is 10.0. The summed E-state index contributed by atoms with van der Waals surface area (Å²) in [5, 5.41) is 9.66. The monoisotopic (exact) mass is 285 g/mol. The highest BCUT2D eigenvalue weighted by atomic mass is 35.5. The van der Waals surface area contributed by atoms with Crippen LogP contribution in [0.1, 0.15) is 13.8 Å². The summed E-state index contributed by atoms with van der Waals surface area (Å²) in [4.78, 5) is 23.7. The minimum Gasteiger partial charge on any atom is -0.495 e. The van der Waals surface area contributed by atoms with E-state index in [-0.39, 0.29) is 5.92 Å². The number of ether oxygens (including phenoxy) is 1. The van der Waals surface area contributed by atoms with Gasteiger partial charge in [0.05, 0.1) is 12.8 Å². The molecule has 0 spiro atoms. The molecule has 1 aromatic rings. The van der Waals surface area contributed by atoms with Crippen molar-refractivity contribution < 1.29 is 19.4 Å². The van der Waals surface area contributed by atoms with Crippen molar-refractivity contribution in [2.75, 3.05) is 12.0 Å². The summed E-state index contributed by atoms with van der Waals surface area (Å²) in [6.45, 7) is 3.46. The first-order chi connectivity index (χ1) is 8.92. The number of amides is 1. The highest BCUT2D eigenvalue weighted by Crippen LogP contribution is 2.33. The molecule has 1 aromatic carbocycles. The molecule has 1 amide bonds. The van der Waals surface area contributed by atoms with Crippen molar-refractivity contribution in [2.24, 2.45) is 5.92 Å². The van der Waals surface area contributed by atoms with Gasteiger partial charge in [0.2, 0.25) is 6.41 Å². The van der Waals surface area contributed by atoms with Gasteiger partial charge in [0, 0.05) is 5.02 Å². The smallest absolute Gasteiger partial charge is 0.327 e. The van der Waals surface area contributed by atoms with Crippen LogP contribution < -0.4 is 9.64 Å². The van der Waals surface area contributed by atoms with Crippen LogP contribution in [0, 0.1) is 5.92 Å². The summed E-state index contributed by atoms with van der Waals surface area (Å²) in [6, 6.07) is 3.73. The van der Waals surface area contributed by atoms with Gasteiger partial charge in [-0.05, 0) is 24.1 Å². The maximum Gasteiger partial charge on any atom is 0.327 e. The highest BCUT2D eigenvalue weighted by molar-refractivity contribution is 6.31. The second kappa shape index (κ2) is 6.43. The zero-order valence-corrected chi connectivity index (χ0v) is 11.7. The van der Waals surface area contributed by atoms with E-state index in [0.29, 0.717) is 22.9 Å². The van der Waals surface area contributed by atoms with Crippen molar-refractivity contribution in [2.45, 2.75) is 19.9 Å². The Labute approximate surface area is 116 Å². The lowest BCUT2D eigenvalue weighted by Crippen LogP contribution is -2.44. The molecule has 1 atom stereocenters. The van der Waals surface area contributed by atoms with Gasteiger partial charge in [0.15, 0.2) is 0 Å². The number of methoxy groups -OCH3 is 1. The van der Waals surface area contributed by atoms with Gasteiger partial charge in [-0.25, -0.2) is 4.79 Å². The van der Waals surface area contributed by atoms with Crippen LogP contribution >= 0.6 is 11.6 Å². The first-order valence-electron chi connectivity index (χ1n) is 5.72. The first kappa shape index (κ1) is 15.3. The summed E-state index contributed by atoms with van der Waals surface area (Å²) in [7, 11) is 1.45. The molecular formula is C13H16ClNO4. The van der Waals surface area contributed by atoms with Crippen LogP contribution in [0.4, 0.5) is 5.69 Å². The molecule has 0 heterocycles. The number of hydrogen-bond donors (Lipinski definition) is 1. The Kier molecular flexibility index (Phi) is 5.18. The normalized spacial score (nSPS) is 12.1. The molecule has 1 rings (SSSR count). The number of carbonyl (C=O) groups is 2. The number of carboxylic acid groups (broad SMARTS) is 1. The van der Waals surface area contributed by atoms with E-state index < -0.39 is 12.0 Å². The number of carboxylic acids is 1. The van der Waals surface area contributed by atoms with Crippen molar-refractivity contribution in [1.82, 2.24) is 0 Å².